The molecule has 1 aliphatic heterocycles. The van der Waals surface area contributed by atoms with Crippen molar-refractivity contribution >= 4 is 5.91 Å². The van der Waals surface area contributed by atoms with Crippen molar-refractivity contribution in [3.8, 4) is 0 Å². The van der Waals surface area contributed by atoms with E-state index in [2.05, 4.69) is 36.1 Å². The summed E-state index contributed by atoms with van der Waals surface area (Å²) in [5.74, 6) is -0.00919. The number of carbonyl (C=O) groups is 1. The molecule has 2 unspecified atom stereocenters. The molecule has 5 nitrogen and oxygen atoms in total. The van der Waals surface area contributed by atoms with Gasteiger partial charge in [-0.1, -0.05) is 19.8 Å². The molecule has 1 heterocycles. The van der Waals surface area contributed by atoms with Crippen LogP contribution in [0.4, 0.5) is 0 Å². The second-order valence-corrected chi connectivity index (χ2v) is 5.39. The van der Waals surface area contributed by atoms with E-state index in [1.807, 2.05) is 0 Å². The Kier molecular flexibility index (Phi) is 6.60. The van der Waals surface area contributed by atoms with Gasteiger partial charge in [0.1, 0.15) is 0 Å². The Morgan fingerprint density at radius 1 is 1.44 bits per heavy atom. The molecule has 0 radical (unpaired) electrons. The van der Waals surface area contributed by atoms with Gasteiger partial charge in [-0.25, -0.2) is 0 Å². The molecule has 0 aromatic heterocycles. The molecule has 18 heavy (non-hydrogen) atoms. The zero-order valence-electron chi connectivity index (χ0n) is 12.0. The van der Waals surface area contributed by atoms with Crippen LogP contribution in [-0.2, 0) is 4.79 Å². The summed E-state index contributed by atoms with van der Waals surface area (Å²) in [5, 5.41) is 2.98. The van der Waals surface area contributed by atoms with Gasteiger partial charge in [0.05, 0.1) is 6.04 Å². The van der Waals surface area contributed by atoms with E-state index in [1.54, 1.807) is 0 Å². The quantitative estimate of drug-likeness (QED) is 0.695. The van der Waals surface area contributed by atoms with E-state index in [0.717, 1.165) is 38.9 Å². The Morgan fingerprint density at radius 3 is 2.83 bits per heavy atom. The van der Waals surface area contributed by atoms with Crippen molar-refractivity contribution in [2.24, 2.45) is 5.73 Å². The Morgan fingerprint density at radius 2 is 2.17 bits per heavy atom. The fraction of sp³-hybridized carbons (Fsp3) is 0.923. The van der Waals surface area contributed by atoms with Gasteiger partial charge < -0.3 is 16.0 Å². The average molecular weight is 256 g/mol. The van der Waals surface area contributed by atoms with Crippen LogP contribution < -0.4 is 11.1 Å². The van der Waals surface area contributed by atoms with Gasteiger partial charge in [0.25, 0.3) is 0 Å². The summed E-state index contributed by atoms with van der Waals surface area (Å²) < 4.78 is 0. The third-order valence-electron chi connectivity index (χ3n) is 3.70. The number of nitrogens with one attached hydrogen (secondary N) is 1. The highest BCUT2D eigenvalue weighted by atomic mass is 16.2. The number of hydrogen-bond acceptors (Lipinski definition) is 4. The molecule has 0 bridgehead atoms. The van der Waals surface area contributed by atoms with Crippen LogP contribution in [0.3, 0.4) is 0 Å². The zero-order valence-corrected chi connectivity index (χ0v) is 12.0. The van der Waals surface area contributed by atoms with Crippen LogP contribution >= 0.6 is 0 Å². The minimum atomic E-state index is -0.350. The highest BCUT2D eigenvalue weighted by Gasteiger charge is 2.23. The molecular weight excluding hydrogens is 228 g/mol. The van der Waals surface area contributed by atoms with Gasteiger partial charge in [-0.15, -0.1) is 0 Å². The maximum absolute atomic E-state index is 11.8. The van der Waals surface area contributed by atoms with Gasteiger partial charge in [-0.05, 0) is 20.5 Å². The van der Waals surface area contributed by atoms with Gasteiger partial charge in [-0.2, -0.15) is 0 Å². The molecule has 1 rings (SSSR count). The molecule has 2 atom stereocenters. The lowest BCUT2D eigenvalue weighted by molar-refractivity contribution is -0.122. The number of amides is 1. The van der Waals surface area contributed by atoms with Crippen LogP contribution in [0.5, 0.6) is 0 Å². The first-order chi connectivity index (χ1) is 8.54. The van der Waals surface area contributed by atoms with E-state index in [0.29, 0.717) is 12.6 Å². The standard InChI is InChI=1S/C13H28N4O/c1-4-5-6-12(14)13(18)15-9-11-10-16(2)7-8-17(11)3/h11-12H,4-10,14H2,1-3H3,(H,15,18). The molecule has 1 aliphatic rings. The first kappa shape index (κ1) is 15.4. The van der Waals surface area contributed by atoms with E-state index in [9.17, 15) is 4.79 Å². The molecule has 106 valence electrons. The number of piperazine rings is 1. The molecule has 1 saturated heterocycles. The Hall–Kier alpha value is -0.650. The largest absolute Gasteiger partial charge is 0.353 e. The van der Waals surface area contributed by atoms with E-state index in [4.69, 9.17) is 5.73 Å². The van der Waals surface area contributed by atoms with Gasteiger partial charge in [0, 0.05) is 32.2 Å². The van der Waals surface area contributed by atoms with E-state index >= 15 is 0 Å². The highest BCUT2D eigenvalue weighted by molar-refractivity contribution is 5.81. The number of hydrogen-bond donors (Lipinski definition) is 2. The van der Waals surface area contributed by atoms with E-state index in [1.165, 1.54) is 0 Å². The van der Waals surface area contributed by atoms with Crippen molar-refractivity contribution in [3.63, 3.8) is 0 Å². The molecular formula is C13H28N4O. The first-order valence-corrected chi connectivity index (χ1v) is 6.96. The molecule has 5 heteroatoms. The maximum Gasteiger partial charge on any atom is 0.236 e. The zero-order chi connectivity index (χ0) is 13.5. The smallest absolute Gasteiger partial charge is 0.236 e. The predicted octanol–water partition coefficient (Wildman–Crippen LogP) is -0.134. The molecule has 3 N–H and O–H groups in total. The maximum atomic E-state index is 11.8. The predicted molar refractivity (Wildman–Crippen MR) is 74.4 cm³/mol. The van der Waals surface area contributed by atoms with Gasteiger partial charge in [0.2, 0.25) is 5.91 Å². The second-order valence-electron chi connectivity index (χ2n) is 5.39. The lowest BCUT2D eigenvalue weighted by atomic mass is 10.1. The number of likely N-dealkylation sites (N-methyl/N-ethyl adjacent to an activating group) is 2. The normalized spacial score (nSPS) is 23.9. The summed E-state index contributed by atoms with van der Waals surface area (Å²) in [6, 6.07) is 0.0441. The van der Waals surface area contributed by atoms with Crippen LogP contribution in [0.15, 0.2) is 0 Å². The average Bonchev–Trinajstić information content (AvgIpc) is 2.36. The number of rotatable bonds is 6. The topological polar surface area (TPSA) is 61.6 Å². The van der Waals surface area contributed by atoms with Crippen LogP contribution in [0.25, 0.3) is 0 Å². The van der Waals surface area contributed by atoms with Crippen molar-refractivity contribution in [3.05, 3.63) is 0 Å². The van der Waals surface area contributed by atoms with Crippen molar-refractivity contribution in [1.29, 1.82) is 0 Å². The summed E-state index contributed by atoms with van der Waals surface area (Å²) >= 11 is 0. The van der Waals surface area contributed by atoms with Crippen LogP contribution in [0.1, 0.15) is 26.2 Å². The van der Waals surface area contributed by atoms with Crippen molar-refractivity contribution in [1.82, 2.24) is 15.1 Å². The molecule has 0 aromatic carbocycles. The second kappa shape index (κ2) is 7.71. The molecule has 0 aromatic rings. The summed E-state index contributed by atoms with van der Waals surface area (Å²) in [6.45, 7) is 5.95. The minimum absolute atomic E-state index is 0.00919. The summed E-state index contributed by atoms with van der Waals surface area (Å²) in [5.41, 5.74) is 5.84. The number of nitrogens with zero attached hydrogens (tertiary/aromatic N) is 2. The molecule has 1 fully saturated rings. The van der Waals surface area contributed by atoms with Gasteiger partial charge in [-0.3, -0.25) is 9.69 Å². The number of nitrogens with two attached hydrogens (primary N) is 1. The molecule has 1 amide bonds. The van der Waals surface area contributed by atoms with Crippen LogP contribution in [-0.4, -0.2) is 68.1 Å². The lowest BCUT2D eigenvalue weighted by Gasteiger charge is -2.37. The highest BCUT2D eigenvalue weighted by Crippen LogP contribution is 2.05. The van der Waals surface area contributed by atoms with Crippen molar-refractivity contribution in [2.45, 2.75) is 38.3 Å². The summed E-state index contributed by atoms with van der Waals surface area (Å²) in [4.78, 5) is 16.4. The van der Waals surface area contributed by atoms with Gasteiger partial charge in [0.15, 0.2) is 0 Å². The SMILES string of the molecule is CCCCC(N)C(=O)NCC1CN(C)CCN1C. The van der Waals surface area contributed by atoms with Gasteiger partial charge >= 0.3 is 0 Å². The lowest BCUT2D eigenvalue weighted by Crippen LogP contribution is -2.55. The Bertz CT molecular complexity index is 259. The summed E-state index contributed by atoms with van der Waals surface area (Å²) in [7, 11) is 4.23. The third kappa shape index (κ3) is 4.92. The summed E-state index contributed by atoms with van der Waals surface area (Å²) in [6.07, 6.45) is 2.88. The molecule has 0 spiro atoms. The fourth-order valence-corrected chi connectivity index (χ4v) is 2.23. The monoisotopic (exact) mass is 256 g/mol. The molecule has 0 aliphatic carbocycles. The molecule has 0 saturated carbocycles. The minimum Gasteiger partial charge on any atom is -0.353 e. The first-order valence-electron chi connectivity index (χ1n) is 6.96. The Labute approximate surface area is 111 Å². The number of unbranched alkanes of at least 4 members (excludes halogenated alkanes) is 1. The fourth-order valence-electron chi connectivity index (χ4n) is 2.23. The van der Waals surface area contributed by atoms with Crippen LogP contribution in [0.2, 0.25) is 0 Å². The third-order valence-corrected chi connectivity index (χ3v) is 3.70. The van der Waals surface area contributed by atoms with E-state index < -0.39 is 0 Å². The van der Waals surface area contributed by atoms with Crippen LogP contribution in [0, 0.1) is 0 Å². The number of carbonyl (C=O) groups excluding carboxylic acids is 1. The van der Waals surface area contributed by atoms with Crippen molar-refractivity contribution < 1.29 is 4.79 Å². The Balaban J connectivity index is 2.28. The van der Waals surface area contributed by atoms with E-state index in [-0.39, 0.29) is 11.9 Å². The van der Waals surface area contributed by atoms with Crippen molar-refractivity contribution in [2.75, 3.05) is 40.3 Å².